The number of nitrogens with zero attached hydrogens (tertiary/aromatic N) is 1. The Bertz CT molecular complexity index is 273. The molecule has 1 unspecified atom stereocenters. The van der Waals surface area contributed by atoms with Gasteiger partial charge in [-0.15, -0.1) is 0 Å². The molecular weight excluding hydrogens is 206 g/mol. The highest BCUT2D eigenvalue weighted by molar-refractivity contribution is 5.17. The van der Waals surface area contributed by atoms with Crippen LogP contribution in [0.4, 0.5) is 0 Å². The minimum Gasteiger partial charge on any atom is -0.387 e. The van der Waals surface area contributed by atoms with Crippen LogP contribution in [-0.4, -0.2) is 30.1 Å². The number of hydroxylamine groups is 2. The molecule has 0 saturated heterocycles. The van der Waals surface area contributed by atoms with Crippen LogP contribution in [-0.2, 0) is 9.68 Å². The highest BCUT2D eigenvalue weighted by Crippen LogP contribution is 2.13. The highest BCUT2D eigenvalue weighted by atomic mass is 16.9. The topological polar surface area (TPSA) is 41.9 Å². The van der Waals surface area contributed by atoms with Crippen molar-refractivity contribution in [2.75, 3.05) is 19.8 Å². The van der Waals surface area contributed by atoms with Crippen LogP contribution >= 0.6 is 0 Å². The minimum atomic E-state index is -0.612. The second-order valence-corrected chi connectivity index (χ2v) is 3.28. The molecule has 0 spiro atoms. The third kappa shape index (κ3) is 4.28. The molecular formula is C12H19NO3. The number of hydrogen-bond acceptors (Lipinski definition) is 4. The molecule has 0 aromatic heterocycles. The van der Waals surface area contributed by atoms with Crippen LogP contribution in [0.15, 0.2) is 30.3 Å². The zero-order valence-corrected chi connectivity index (χ0v) is 9.80. The molecule has 16 heavy (non-hydrogen) atoms. The molecule has 0 aliphatic carbocycles. The first-order valence-corrected chi connectivity index (χ1v) is 5.54. The van der Waals surface area contributed by atoms with Gasteiger partial charge in [0, 0.05) is 0 Å². The minimum absolute atomic E-state index is 0.297. The first kappa shape index (κ1) is 13.1. The monoisotopic (exact) mass is 225 g/mol. The van der Waals surface area contributed by atoms with Crippen molar-refractivity contribution in [3.8, 4) is 0 Å². The van der Waals surface area contributed by atoms with Crippen LogP contribution in [0.25, 0.3) is 0 Å². The third-order valence-corrected chi connectivity index (χ3v) is 2.05. The van der Waals surface area contributed by atoms with Crippen LogP contribution in [0, 0.1) is 0 Å². The molecule has 0 saturated carbocycles. The van der Waals surface area contributed by atoms with Gasteiger partial charge in [0.2, 0.25) is 0 Å². The van der Waals surface area contributed by atoms with E-state index in [2.05, 4.69) is 0 Å². The lowest BCUT2D eigenvalue weighted by molar-refractivity contribution is -0.371. The van der Waals surface area contributed by atoms with Gasteiger partial charge in [-0.25, -0.2) is 0 Å². The molecule has 0 heterocycles. The Labute approximate surface area is 96.3 Å². The van der Waals surface area contributed by atoms with Crippen molar-refractivity contribution in [2.45, 2.75) is 20.0 Å². The van der Waals surface area contributed by atoms with E-state index in [1.165, 1.54) is 5.23 Å². The Morgan fingerprint density at radius 2 is 1.69 bits per heavy atom. The largest absolute Gasteiger partial charge is 0.387 e. The average molecular weight is 225 g/mol. The molecule has 0 aliphatic rings. The van der Waals surface area contributed by atoms with E-state index in [0.717, 1.165) is 5.56 Å². The SMILES string of the molecule is CCON(CC(O)c1ccccc1)OCC. The van der Waals surface area contributed by atoms with Crippen molar-refractivity contribution in [1.29, 1.82) is 0 Å². The fourth-order valence-corrected chi connectivity index (χ4v) is 1.35. The van der Waals surface area contributed by atoms with Gasteiger partial charge in [-0.3, -0.25) is 9.68 Å². The van der Waals surface area contributed by atoms with E-state index in [0.29, 0.717) is 19.8 Å². The van der Waals surface area contributed by atoms with Gasteiger partial charge in [0.25, 0.3) is 0 Å². The molecule has 0 bridgehead atoms. The molecule has 0 aliphatic heterocycles. The van der Waals surface area contributed by atoms with Crippen LogP contribution in [0.3, 0.4) is 0 Å². The second-order valence-electron chi connectivity index (χ2n) is 3.28. The quantitative estimate of drug-likeness (QED) is 0.720. The van der Waals surface area contributed by atoms with Crippen molar-refractivity contribution in [3.05, 3.63) is 35.9 Å². The van der Waals surface area contributed by atoms with Gasteiger partial charge in [-0.05, 0) is 19.4 Å². The summed E-state index contributed by atoms with van der Waals surface area (Å²) in [6.07, 6.45) is -0.612. The molecule has 0 radical (unpaired) electrons. The van der Waals surface area contributed by atoms with Gasteiger partial charge >= 0.3 is 0 Å². The van der Waals surface area contributed by atoms with E-state index >= 15 is 0 Å². The van der Waals surface area contributed by atoms with Gasteiger partial charge in [0.15, 0.2) is 0 Å². The van der Waals surface area contributed by atoms with Crippen LogP contribution in [0.2, 0.25) is 0 Å². The summed E-state index contributed by atoms with van der Waals surface area (Å²) in [5, 5.41) is 11.3. The Balaban J connectivity index is 2.50. The van der Waals surface area contributed by atoms with E-state index in [1.54, 1.807) is 0 Å². The van der Waals surface area contributed by atoms with Crippen molar-refractivity contribution >= 4 is 0 Å². The van der Waals surface area contributed by atoms with Crippen molar-refractivity contribution < 1.29 is 14.8 Å². The molecule has 0 amide bonds. The van der Waals surface area contributed by atoms with Crippen LogP contribution in [0.1, 0.15) is 25.5 Å². The molecule has 4 heteroatoms. The fourth-order valence-electron chi connectivity index (χ4n) is 1.35. The normalized spacial score (nSPS) is 13.0. The van der Waals surface area contributed by atoms with Gasteiger partial charge in [-0.1, -0.05) is 35.6 Å². The third-order valence-electron chi connectivity index (χ3n) is 2.05. The van der Waals surface area contributed by atoms with Gasteiger partial charge in [0.1, 0.15) is 0 Å². The van der Waals surface area contributed by atoms with Crippen molar-refractivity contribution in [2.24, 2.45) is 0 Å². The Morgan fingerprint density at radius 1 is 1.12 bits per heavy atom. The van der Waals surface area contributed by atoms with E-state index in [4.69, 9.17) is 9.68 Å². The smallest absolute Gasteiger partial charge is 0.0965 e. The van der Waals surface area contributed by atoms with Crippen LogP contribution < -0.4 is 0 Å². The lowest BCUT2D eigenvalue weighted by atomic mass is 10.1. The van der Waals surface area contributed by atoms with E-state index < -0.39 is 6.10 Å². The summed E-state index contributed by atoms with van der Waals surface area (Å²) in [5.41, 5.74) is 0.854. The Hall–Kier alpha value is -0.940. The molecule has 0 fully saturated rings. The zero-order chi connectivity index (χ0) is 11.8. The molecule has 1 N–H and O–H groups in total. The van der Waals surface area contributed by atoms with Crippen molar-refractivity contribution in [1.82, 2.24) is 5.23 Å². The first-order valence-electron chi connectivity index (χ1n) is 5.54. The highest BCUT2D eigenvalue weighted by Gasteiger charge is 2.13. The van der Waals surface area contributed by atoms with Crippen LogP contribution in [0.5, 0.6) is 0 Å². The Morgan fingerprint density at radius 3 is 2.19 bits per heavy atom. The standard InChI is InChI=1S/C12H19NO3/c1-3-15-13(16-4-2)10-12(14)11-8-6-5-7-9-11/h5-9,12,14H,3-4,10H2,1-2H3. The molecule has 1 aromatic rings. The number of aliphatic hydroxyl groups is 1. The summed E-state index contributed by atoms with van der Waals surface area (Å²) >= 11 is 0. The van der Waals surface area contributed by atoms with Crippen molar-refractivity contribution in [3.63, 3.8) is 0 Å². The maximum atomic E-state index is 9.94. The molecule has 1 aromatic carbocycles. The summed E-state index contributed by atoms with van der Waals surface area (Å²) in [5.74, 6) is 0. The predicted octanol–water partition coefficient (Wildman–Crippen LogP) is 1.93. The van der Waals surface area contributed by atoms with Gasteiger partial charge in [-0.2, -0.15) is 0 Å². The summed E-state index contributed by atoms with van der Waals surface area (Å²) < 4.78 is 0. The van der Waals surface area contributed by atoms with Gasteiger partial charge < -0.3 is 5.11 Å². The summed E-state index contributed by atoms with van der Waals surface area (Å²) in [6.45, 7) is 5.08. The number of aliphatic hydroxyl groups excluding tert-OH is 1. The predicted molar refractivity (Wildman–Crippen MR) is 61.4 cm³/mol. The average Bonchev–Trinajstić information content (AvgIpc) is 2.31. The van der Waals surface area contributed by atoms with Gasteiger partial charge in [0.05, 0.1) is 25.9 Å². The summed E-state index contributed by atoms with van der Waals surface area (Å²) in [4.78, 5) is 10.5. The zero-order valence-electron chi connectivity index (χ0n) is 9.80. The summed E-state index contributed by atoms with van der Waals surface area (Å²) in [7, 11) is 0. The van der Waals surface area contributed by atoms with E-state index in [-0.39, 0.29) is 0 Å². The molecule has 1 atom stereocenters. The molecule has 1 rings (SSSR count). The number of hydrogen-bond donors (Lipinski definition) is 1. The second kappa shape index (κ2) is 7.35. The lowest BCUT2D eigenvalue weighted by Crippen LogP contribution is -2.29. The maximum Gasteiger partial charge on any atom is 0.0965 e. The Kier molecular flexibility index (Phi) is 6.03. The van der Waals surface area contributed by atoms with E-state index in [9.17, 15) is 5.11 Å². The number of rotatable bonds is 7. The lowest BCUT2D eigenvalue weighted by Gasteiger charge is -2.22. The molecule has 4 nitrogen and oxygen atoms in total. The van der Waals surface area contributed by atoms with E-state index in [1.807, 2.05) is 44.2 Å². The maximum absolute atomic E-state index is 9.94. The summed E-state index contributed by atoms with van der Waals surface area (Å²) in [6, 6.07) is 9.45. The first-order chi connectivity index (χ1) is 7.77. The fraction of sp³-hybridized carbons (Fsp3) is 0.500. The molecule has 90 valence electrons. The number of benzene rings is 1.